The van der Waals surface area contributed by atoms with Crippen molar-refractivity contribution in [3.63, 3.8) is 0 Å². The molecule has 0 rings (SSSR count). The van der Waals surface area contributed by atoms with E-state index in [1.165, 1.54) is 11.8 Å². The minimum Gasteiger partial charge on any atom is -0.480 e. The number of carboxylic acids is 1. The topological polar surface area (TPSA) is 249 Å². The summed E-state index contributed by atoms with van der Waals surface area (Å²) in [5.41, 5.74) is 16.7. The molecule has 0 unspecified atom stereocenters. The molecule has 41 heavy (non-hydrogen) atoms. The Kier molecular flexibility index (Phi) is 18.6. The molecular weight excluding hydrogens is 554 g/mol. The molecule has 0 heterocycles. The zero-order chi connectivity index (χ0) is 31.7. The van der Waals surface area contributed by atoms with Crippen LogP contribution in [-0.2, 0) is 28.8 Å². The third-order valence-electron chi connectivity index (χ3n) is 6.61. The monoisotopic (exact) mass is 603 g/mol. The summed E-state index contributed by atoms with van der Waals surface area (Å²) in [6.07, 6.45) is 3.38. The third-order valence-corrected chi connectivity index (χ3v) is 7.25. The van der Waals surface area contributed by atoms with Crippen molar-refractivity contribution < 1.29 is 33.9 Å². The molecule has 14 nitrogen and oxygen atoms in total. The number of carbonyl (C=O) groups is 6. The minimum atomic E-state index is -1.46. The Morgan fingerprint density at radius 2 is 1.37 bits per heavy atom. The number of nitrogens with two attached hydrogens (primary N) is 3. The molecule has 0 aromatic rings. The summed E-state index contributed by atoms with van der Waals surface area (Å²) in [6, 6.07) is -5.70. The smallest absolute Gasteiger partial charge is 0.326 e. The van der Waals surface area contributed by atoms with Gasteiger partial charge in [0.05, 0.1) is 12.5 Å². The van der Waals surface area contributed by atoms with Gasteiger partial charge < -0.3 is 43.6 Å². The van der Waals surface area contributed by atoms with Gasteiger partial charge in [-0.3, -0.25) is 24.0 Å². The van der Waals surface area contributed by atoms with E-state index in [0.717, 1.165) is 0 Å². The Morgan fingerprint density at radius 3 is 1.85 bits per heavy atom. The lowest BCUT2D eigenvalue weighted by Crippen LogP contribution is -2.60. The Labute approximate surface area is 246 Å². The average molecular weight is 604 g/mol. The number of hydrogen-bond donors (Lipinski definition) is 8. The van der Waals surface area contributed by atoms with Crippen molar-refractivity contribution in [3.8, 4) is 0 Å². The molecule has 0 radical (unpaired) electrons. The molecule has 0 bridgehead atoms. The van der Waals surface area contributed by atoms with E-state index in [1.54, 1.807) is 27.7 Å². The number of aliphatic carboxylic acids is 1. The predicted octanol–water partition coefficient (Wildman–Crippen LogP) is -1.20. The van der Waals surface area contributed by atoms with Gasteiger partial charge >= 0.3 is 5.97 Å². The van der Waals surface area contributed by atoms with Crippen molar-refractivity contribution in [1.82, 2.24) is 21.3 Å². The van der Waals surface area contributed by atoms with Gasteiger partial charge in [-0.15, -0.1) is 0 Å². The molecule has 0 fully saturated rings. The van der Waals surface area contributed by atoms with Crippen LogP contribution < -0.4 is 38.5 Å². The van der Waals surface area contributed by atoms with Crippen LogP contribution in [0.15, 0.2) is 0 Å². The highest BCUT2D eigenvalue weighted by molar-refractivity contribution is 7.98. The summed E-state index contributed by atoms with van der Waals surface area (Å²) < 4.78 is 0. The molecule has 0 aromatic carbocycles. The molecule has 0 aliphatic heterocycles. The quantitative estimate of drug-likeness (QED) is 0.0727. The molecule has 11 N–H and O–H groups in total. The van der Waals surface area contributed by atoms with Crippen LogP contribution in [0.3, 0.4) is 0 Å². The first-order valence-electron chi connectivity index (χ1n) is 13.9. The van der Waals surface area contributed by atoms with Gasteiger partial charge in [0.15, 0.2) is 0 Å². The number of thioether (sulfide) groups is 1. The SMILES string of the molecule is CC[C@H](C)[C@H](NC(=O)[C@H](CC(N)=O)NC(=O)[C@@H](NC(=O)[C@@H](N)CCSC)C(C)C)C(=O)N[C@@H](CCCCN)C(=O)O. The van der Waals surface area contributed by atoms with Crippen LogP contribution in [0.1, 0.15) is 66.2 Å². The number of carboxylic acid groups (broad SMARTS) is 1. The number of rotatable bonds is 21. The van der Waals surface area contributed by atoms with Crippen molar-refractivity contribution in [2.24, 2.45) is 29.0 Å². The van der Waals surface area contributed by atoms with Crippen LogP contribution in [-0.4, -0.2) is 89.4 Å². The van der Waals surface area contributed by atoms with Gasteiger partial charge in [-0.1, -0.05) is 34.1 Å². The minimum absolute atomic E-state index is 0.156. The number of hydrogen-bond acceptors (Lipinski definition) is 9. The summed E-state index contributed by atoms with van der Waals surface area (Å²) in [7, 11) is 0. The highest BCUT2D eigenvalue weighted by atomic mass is 32.2. The van der Waals surface area contributed by atoms with E-state index < -0.39 is 84.0 Å². The maximum Gasteiger partial charge on any atom is 0.326 e. The van der Waals surface area contributed by atoms with Crippen LogP contribution in [0, 0.1) is 11.8 Å². The summed E-state index contributed by atoms with van der Waals surface area (Å²) in [5, 5.41) is 19.6. The summed E-state index contributed by atoms with van der Waals surface area (Å²) in [4.78, 5) is 75.5. The lowest BCUT2D eigenvalue weighted by atomic mass is 9.96. The van der Waals surface area contributed by atoms with Crippen LogP contribution in [0.4, 0.5) is 0 Å². The second kappa shape index (κ2) is 20.0. The van der Waals surface area contributed by atoms with E-state index in [4.69, 9.17) is 17.2 Å². The van der Waals surface area contributed by atoms with E-state index in [9.17, 15) is 33.9 Å². The second-order valence-corrected chi connectivity index (χ2v) is 11.4. The highest BCUT2D eigenvalue weighted by Crippen LogP contribution is 2.11. The van der Waals surface area contributed by atoms with Crippen LogP contribution >= 0.6 is 11.8 Å². The van der Waals surface area contributed by atoms with Gasteiger partial charge in [-0.05, 0) is 56.1 Å². The fourth-order valence-corrected chi connectivity index (χ4v) is 4.30. The molecule has 15 heteroatoms. The zero-order valence-corrected chi connectivity index (χ0v) is 25.6. The number of primary amides is 1. The second-order valence-electron chi connectivity index (χ2n) is 10.4. The third kappa shape index (κ3) is 14.5. The van der Waals surface area contributed by atoms with E-state index in [1.807, 2.05) is 6.26 Å². The van der Waals surface area contributed by atoms with Gasteiger partial charge in [-0.2, -0.15) is 11.8 Å². The van der Waals surface area contributed by atoms with Crippen LogP contribution in [0.5, 0.6) is 0 Å². The highest BCUT2D eigenvalue weighted by Gasteiger charge is 2.34. The molecule has 5 amide bonds. The Morgan fingerprint density at radius 1 is 0.805 bits per heavy atom. The number of carbonyl (C=O) groups excluding carboxylic acids is 5. The molecule has 0 aliphatic carbocycles. The Bertz CT molecular complexity index is 890. The van der Waals surface area contributed by atoms with E-state index >= 15 is 0 Å². The van der Waals surface area contributed by atoms with Gasteiger partial charge in [-0.25, -0.2) is 4.79 Å². The number of unbranched alkanes of at least 4 members (excludes halogenated alkanes) is 1. The van der Waals surface area contributed by atoms with Crippen LogP contribution in [0.2, 0.25) is 0 Å². The zero-order valence-electron chi connectivity index (χ0n) is 24.7. The molecular formula is C26H49N7O7S. The van der Waals surface area contributed by atoms with Crippen molar-refractivity contribution >= 4 is 47.3 Å². The van der Waals surface area contributed by atoms with Crippen molar-refractivity contribution in [3.05, 3.63) is 0 Å². The van der Waals surface area contributed by atoms with Crippen molar-refractivity contribution in [2.45, 2.75) is 96.4 Å². The van der Waals surface area contributed by atoms with Gasteiger partial charge in [0.1, 0.15) is 24.2 Å². The molecule has 0 saturated heterocycles. The molecule has 6 atom stereocenters. The average Bonchev–Trinajstić information content (AvgIpc) is 2.90. The Hall–Kier alpha value is -2.91. The molecule has 0 saturated carbocycles. The first kappa shape index (κ1) is 38.1. The standard InChI is InChI=1S/C26H49N7O7S/c1-6-15(4)21(25(38)30-17(26(39)40)9-7-8-11-27)33-23(36)18(13-19(29)34)31-24(37)20(14(2)3)32-22(35)16(28)10-12-41-5/h14-18,20-21H,6-13,27-28H2,1-5H3,(H2,29,34)(H,30,38)(H,31,37)(H,32,35)(H,33,36)(H,39,40)/t15-,16-,17-,18-,20-,21-/m0/s1. The first-order chi connectivity index (χ1) is 19.2. The Balaban J connectivity index is 5.78. The first-order valence-corrected chi connectivity index (χ1v) is 15.3. The lowest BCUT2D eigenvalue weighted by Gasteiger charge is -2.29. The maximum atomic E-state index is 13.3. The largest absolute Gasteiger partial charge is 0.480 e. The van der Waals surface area contributed by atoms with Gasteiger partial charge in [0, 0.05) is 0 Å². The predicted molar refractivity (Wildman–Crippen MR) is 157 cm³/mol. The summed E-state index contributed by atoms with van der Waals surface area (Å²) in [6.45, 7) is 7.25. The maximum absolute atomic E-state index is 13.3. The van der Waals surface area contributed by atoms with E-state index in [2.05, 4.69) is 21.3 Å². The number of nitrogens with one attached hydrogen (secondary N) is 4. The normalized spacial score (nSPS) is 15.5. The van der Waals surface area contributed by atoms with Crippen molar-refractivity contribution in [2.75, 3.05) is 18.6 Å². The molecule has 236 valence electrons. The van der Waals surface area contributed by atoms with Crippen molar-refractivity contribution in [1.29, 1.82) is 0 Å². The van der Waals surface area contributed by atoms with Crippen LogP contribution in [0.25, 0.3) is 0 Å². The number of amides is 5. The summed E-state index contributed by atoms with van der Waals surface area (Å²) >= 11 is 1.53. The molecule has 0 aliphatic rings. The fourth-order valence-electron chi connectivity index (χ4n) is 3.81. The van der Waals surface area contributed by atoms with E-state index in [0.29, 0.717) is 38.0 Å². The lowest BCUT2D eigenvalue weighted by molar-refractivity contribution is -0.143. The molecule has 0 aromatic heterocycles. The van der Waals surface area contributed by atoms with E-state index in [-0.39, 0.29) is 6.42 Å². The van der Waals surface area contributed by atoms with Gasteiger partial charge in [0.25, 0.3) is 0 Å². The fraction of sp³-hybridized carbons (Fsp3) is 0.769. The van der Waals surface area contributed by atoms with Gasteiger partial charge in [0.2, 0.25) is 29.5 Å². The summed E-state index contributed by atoms with van der Waals surface area (Å²) in [5.74, 6) is -5.12. The molecule has 0 spiro atoms.